The third-order valence-electron chi connectivity index (χ3n) is 2.89. The molecule has 3 heteroatoms. The molecule has 0 bridgehead atoms. The number of aromatic amines is 1. The number of H-pyrrole nitrogens is 1. The number of anilines is 1. The van der Waals surface area contributed by atoms with Gasteiger partial charge in [0.2, 0.25) is 5.95 Å². The number of hydrogen-bond acceptors (Lipinski definition) is 2. The molecule has 1 aromatic heterocycles. The van der Waals surface area contributed by atoms with E-state index >= 15 is 0 Å². The second-order valence-corrected chi connectivity index (χ2v) is 4.30. The van der Waals surface area contributed by atoms with E-state index in [1.54, 1.807) is 0 Å². The van der Waals surface area contributed by atoms with Crippen molar-refractivity contribution in [2.45, 2.75) is 0 Å². The highest BCUT2D eigenvalue weighted by Crippen LogP contribution is 2.12. The summed E-state index contributed by atoms with van der Waals surface area (Å²) < 4.78 is 0. The second kappa shape index (κ2) is 5.40. The fraction of sp³-hybridized carbons (Fsp3) is 0.0625. The summed E-state index contributed by atoms with van der Waals surface area (Å²) in [6, 6.07) is 18.3. The summed E-state index contributed by atoms with van der Waals surface area (Å²) in [6.07, 6.45) is 4.18. The average Bonchev–Trinajstić information content (AvgIpc) is 2.87. The zero-order chi connectivity index (χ0) is 12.9. The lowest BCUT2D eigenvalue weighted by Crippen LogP contribution is -1.99. The molecule has 3 rings (SSSR count). The van der Waals surface area contributed by atoms with Crippen LogP contribution in [0.15, 0.2) is 60.7 Å². The van der Waals surface area contributed by atoms with Crippen molar-refractivity contribution in [1.29, 1.82) is 0 Å². The standard InChI is InChI=1S/C16H15N3/c1-2-7-13(8-3-1)9-6-12-17-16-18-14-10-4-5-11-15(14)19-16/h1-11H,12H2,(H2,17,18,19). The molecule has 0 aliphatic rings. The van der Waals surface area contributed by atoms with Crippen LogP contribution in [0.1, 0.15) is 5.56 Å². The van der Waals surface area contributed by atoms with Gasteiger partial charge < -0.3 is 10.3 Å². The van der Waals surface area contributed by atoms with Crippen LogP contribution >= 0.6 is 0 Å². The summed E-state index contributed by atoms with van der Waals surface area (Å²) in [4.78, 5) is 7.69. The fourth-order valence-electron chi connectivity index (χ4n) is 1.95. The van der Waals surface area contributed by atoms with Crippen LogP contribution in [0.25, 0.3) is 17.1 Å². The van der Waals surface area contributed by atoms with Gasteiger partial charge in [-0.25, -0.2) is 4.98 Å². The van der Waals surface area contributed by atoms with Gasteiger partial charge in [0.25, 0.3) is 0 Å². The molecule has 0 saturated heterocycles. The maximum Gasteiger partial charge on any atom is 0.201 e. The van der Waals surface area contributed by atoms with Crippen LogP contribution in [0.5, 0.6) is 0 Å². The van der Waals surface area contributed by atoms with E-state index in [4.69, 9.17) is 0 Å². The zero-order valence-electron chi connectivity index (χ0n) is 10.5. The van der Waals surface area contributed by atoms with Crippen LogP contribution in [-0.4, -0.2) is 16.5 Å². The SMILES string of the molecule is C(=Cc1ccccc1)CNc1nc2ccccc2[nH]1. The Balaban J connectivity index is 1.62. The molecule has 3 nitrogen and oxygen atoms in total. The van der Waals surface area contributed by atoms with Crippen molar-refractivity contribution in [3.63, 3.8) is 0 Å². The Bertz CT molecular complexity index is 650. The predicted molar refractivity (Wildman–Crippen MR) is 80.1 cm³/mol. The van der Waals surface area contributed by atoms with Crippen LogP contribution in [0.2, 0.25) is 0 Å². The molecule has 3 aromatic rings. The molecule has 19 heavy (non-hydrogen) atoms. The van der Waals surface area contributed by atoms with Crippen LogP contribution in [0.4, 0.5) is 5.95 Å². The van der Waals surface area contributed by atoms with Crippen molar-refractivity contribution in [2.24, 2.45) is 0 Å². The predicted octanol–water partition coefficient (Wildman–Crippen LogP) is 3.69. The van der Waals surface area contributed by atoms with E-state index in [0.717, 1.165) is 23.5 Å². The first-order chi connectivity index (χ1) is 9.42. The molecule has 0 fully saturated rings. The van der Waals surface area contributed by atoms with Gasteiger partial charge >= 0.3 is 0 Å². The summed E-state index contributed by atoms with van der Waals surface area (Å²) in [5.41, 5.74) is 3.24. The largest absolute Gasteiger partial charge is 0.352 e. The molecule has 2 N–H and O–H groups in total. The Kier molecular flexibility index (Phi) is 3.28. The summed E-state index contributed by atoms with van der Waals surface area (Å²) in [6.45, 7) is 0.745. The van der Waals surface area contributed by atoms with E-state index in [2.05, 4.69) is 39.6 Å². The van der Waals surface area contributed by atoms with Crippen molar-refractivity contribution in [3.8, 4) is 0 Å². The molecule has 0 atom stereocenters. The topological polar surface area (TPSA) is 40.7 Å². The summed E-state index contributed by atoms with van der Waals surface area (Å²) >= 11 is 0. The number of rotatable bonds is 4. The molecule has 0 spiro atoms. The van der Waals surface area contributed by atoms with Crippen LogP contribution in [0.3, 0.4) is 0 Å². The number of hydrogen-bond donors (Lipinski definition) is 2. The molecule has 0 saturated carbocycles. The number of aromatic nitrogens is 2. The molecule has 0 aliphatic heterocycles. The number of imidazole rings is 1. The molecule has 0 unspecified atom stereocenters. The minimum atomic E-state index is 0.745. The number of fused-ring (bicyclic) bond motifs is 1. The maximum atomic E-state index is 4.46. The molecule has 0 amide bonds. The summed E-state index contributed by atoms with van der Waals surface area (Å²) in [5.74, 6) is 0.805. The Hall–Kier alpha value is -2.55. The van der Waals surface area contributed by atoms with Gasteiger partial charge in [-0.1, -0.05) is 54.6 Å². The third-order valence-corrected chi connectivity index (χ3v) is 2.89. The van der Waals surface area contributed by atoms with Gasteiger partial charge in [-0.2, -0.15) is 0 Å². The first kappa shape index (κ1) is 11.5. The molecule has 1 heterocycles. The van der Waals surface area contributed by atoms with Crippen molar-refractivity contribution in [2.75, 3.05) is 11.9 Å². The zero-order valence-corrected chi connectivity index (χ0v) is 10.5. The van der Waals surface area contributed by atoms with Crippen LogP contribution in [0, 0.1) is 0 Å². The van der Waals surface area contributed by atoms with E-state index < -0.39 is 0 Å². The summed E-state index contributed by atoms with van der Waals surface area (Å²) in [5, 5.41) is 3.25. The molecule has 0 aliphatic carbocycles. The Morgan fingerprint density at radius 2 is 1.79 bits per heavy atom. The first-order valence-electron chi connectivity index (χ1n) is 6.32. The highest BCUT2D eigenvalue weighted by Gasteiger charge is 1.98. The van der Waals surface area contributed by atoms with E-state index in [1.165, 1.54) is 5.56 Å². The number of para-hydroxylation sites is 2. The van der Waals surface area contributed by atoms with E-state index in [1.807, 2.05) is 42.5 Å². The van der Waals surface area contributed by atoms with Crippen LogP contribution < -0.4 is 5.32 Å². The molecule has 2 aromatic carbocycles. The van der Waals surface area contributed by atoms with Crippen LogP contribution in [-0.2, 0) is 0 Å². The van der Waals surface area contributed by atoms with Crippen molar-refractivity contribution < 1.29 is 0 Å². The Morgan fingerprint density at radius 1 is 1.00 bits per heavy atom. The summed E-state index contributed by atoms with van der Waals surface area (Å²) in [7, 11) is 0. The smallest absolute Gasteiger partial charge is 0.201 e. The van der Waals surface area contributed by atoms with Crippen molar-refractivity contribution >= 4 is 23.1 Å². The molecule has 94 valence electrons. The van der Waals surface area contributed by atoms with Gasteiger partial charge in [-0.15, -0.1) is 0 Å². The van der Waals surface area contributed by atoms with Gasteiger partial charge in [0, 0.05) is 6.54 Å². The molecular weight excluding hydrogens is 234 g/mol. The van der Waals surface area contributed by atoms with Gasteiger partial charge in [-0.3, -0.25) is 0 Å². The lowest BCUT2D eigenvalue weighted by Gasteiger charge is -1.97. The van der Waals surface area contributed by atoms with E-state index in [0.29, 0.717) is 0 Å². The number of nitrogens with one attached hydrogen (secondary N) is 2. The lowest BCUT2D eigenvalue weighted by molar-refractivity contribution is 1.22. The lowest BCUT2D eigenvalue weighted by atomic mass is 10.2. The van der Waals surface area contributed by atoms with E-state index in [9.17, 15) is 0 Å². The van der Waals surface area contributed by atoms with Crippen molar-refractivity contribution in [3.05, 3.63) is 66.2 Å². The van der Waals surface area contributed by atoms with Gasteiger partial charge in [-0.05, 0) is 17.7 Å². The monoisotopic (exact) mass is 249 g/mol. The highest BCUT2D eigenvalue weighted by atomic mass is 15.1. The molecular formula is C16H15N3. The minimum Gasteiger partial charge on any atom is -0.352 e. The van der Waals surface area contributed by atoms with E-state index in [-0.39, 0.29) is 0 Å². The third kappa shape index (κ3) is 2.83. The van der Waals surface area contributed by atoms with Crippen molar-refractivity contribution in [1.82, 2.24) is 9.97 Å². The highest BCUT2D eigenvalue weighted by molar-refractivity contribution is 5.77. The fourth-order valence-corrected chi connectivity index (χ4v) is 1.95. The second-order valence-electron chi connectivity index (χ2n) is 4.30. The average molecular weight is 249 g/mol. The van der Waals surface area contributed by atoms with Gasteiger partial charge in [0.05, 0.1) is 11.0 Å². The Labute approximate surface area is 112 Å². The van der Waals surface area contributed by atoms with Gasteiger partial charge in [0.1, 0.15) is 0 Å². The maximum absolute atomic E-state index is 4.46. The molecule has 0 radical (unpaired) electrons. The van der Waals surface area contributed by atoms with Gasteiger partial charge in [0.15, 0.2) is 0 Å². The minimum absolute atomic E-state index is 0.745. The number of nitrogens with zero attached hydrogens (tertiary/aromatic N) is 1. The first-order valence-corrected chi connectivity index (χ1v) is 6.32. The quantitative estimate of drug-likeness (QED) is 0.740. The number of benzene rings is 2. The Morgan fingerprint density at radius 3 is 2.63 bits per heavy atom. The normalized spacial score (nSPS) is 11.2.